The number of allylic oxidation sites excluding steroid dienone is 5. The number of benzene rings is 1. The van der Waals surface area contributed by atoms with Crippen LogP contribution in [0.1, 0.15) is 55.5 Å². The lowest BCUT2D eigenvalue weighted by Gasteiger charge is -2.24. The van der Waals surface area contributed by atoms with Gasteiger partial charge in [-0.05, 0) is 36.8 Å². The first-order chi connectivity index (χ1) is 15.4. The maximum atomic E-state index is 12.9. The number of ether oxygens (including phenoxy) is 1. The Bertz CT molecular complexity index is 884. The molecule has 0 saturated heterocycles. The van der Waals surface area contributed by atoms with Crippen molar-refractivity contribution < 1.29 is 24.5 Å². The van der Waals surface area contributed by atoms with Crippen LogP contribution in [0.25, 0.3) is 0 Å². The number of fused-ring (bicyclic) bond motifs is 1. The number of phenolic OH excluding ortho intramolecular Hbond substituents is 1. The molecule has 6 nitrogen and oxygen atoms in total. The molecule has 0 saturated carbocycles. The highest BCUT2D eigenvalue weighted by atomic mass is 16.5. The highest BCUT2D eigenvalue weighted by Crippen LogP contribution is 2.26. The van der Waals surface area contributed by atoms with Gasteiger partial charge in [-0.1, -0.05) is 62.4 Å². The Morgan fingerprint density at radius 2 is 2.06 bits per heavy atom. The number of nitrogens with one attached hydrogen (secondary N) is 1. The predicted octanol–water partition coefficient (Wildman–Crippen LogP) is 4.35. The number of hydrogen-bond acceptors (Lipinski definition) is 5. The van der Waals surface area contributed by atoms with E-state index in [0.717, 1.165) is 6.42 Å². The van der Waals surface area contributed by atoms with E-state index in [9.17, 15) is 19.8 Å². The number of hydrogen-bond donors (Lipinski definition) is 3. The molecular formula is C26H33NO5. The van der Waals surface area contributed by atoms with E-state index in [1.54, 1.807) is 30.4 Å². The fraction of sp³-hybridized carbons (Fsp3) is 0.385. The minimum atomic E-state index is -0.656. The molecule has 1 aromatic carbocycles. The standard InChI is InChI=1S/C26H33NO5/c1-3-4-5-6-16-24(30)27-17-10-14-21-18-23(29)19(2)11-7-8-12-20-13-9-15-22(28)25(20)26(31)32-21/h4-10,13,15-17,19,21,23,28-29H,3,11-12,14,18H2,1-2H3,(H,27,30). The van der Waals surface area contributed by atoms with Crippen molar-refractivity contribution >= 4 is 11.9 Å². The van der Waals surface area contributed by atoms with Gasteiger partial charge in [0.1, 0.15) is 17.4 Å². The quantitative estimate of drug-likeness (QED) is 0.265. The molecule has 32 heavy (non-hydrogen) atoms. The average molecular weight is 440 g/mol. The minimum Gasteiger partial charge on any atom is -0.507 e. The molecule has 2 rings (SSSR count). The van der Waals surface area contributed by atoms with Crippen LogP contribution < -0.4 is 5.32 Å². The van der Waals surface area contributed by atoms with E-state index < -0.39 is 18.2 Å². The van der Waals surface area contributed by atoms with E-state index in [4.69, 9.17) is 4.74 Å². The van der Waals surface area contributed by atoms with Crippen LogP contribution in [-0.2, 0) is 16.0 Å². The molecule has 172 valence electrons. The van der Waals surface area contributed by atoms with Crippen LogP contribution in [-0.4, -0.2) is 34.3 Å². The second-order valence-electron chi connectivity index (χ2n) is 7.87. The molecule has 6 heteroatoms. The van der Waals surface area contributed by atoms with E-state index in [0.29, 0.717) is 24.8 Å². The third kappa shape index (κ3) is 8.19. The molecule has 0 spiro atoms. The van der Waals surface area contributed by atoms with E-state index in [1.165, 1.54) is 18.3 Å². The number of esters is 1. The number of aromatic hydroxyl groups is 1. The van der Waals surface area contributed by atoms with Crippen LogP contribution in [0.4, 0.5) is 0 Å². The Balaban J connectivity index is 2.11. The third-order valence-electron chi connectivity index (χ3n) is 5.25. The normalized spacial score (nSPS) is 22.5. The Morgan fingerprint density at radius 1 is 1.25 bits per heavy atom. The monoisotopic (exact) mass is 439 g/mol. The molecule has 1 aliphatic rings. The number of amides is 1. The molecule has 3 unspecified atom stereocenters. The lowest BCUT2D eigenvalue weighted by molar-refractivity contribution is -0.115. The van der Waals surface area contributed by atoms with Crippen LogP contribution >= 0.6 is 0 Å². The molecule has 0 aromatic heterocycles. The van der Waals surface area contributed by atoms with Gasteiger partial charge in [0.25, 0.3) is 0 Å². The fourth-order valence-electron chi connectivity index (χ4n) is 3.34. The van der Waals surface area contributed by atoms with Gasteiger partial charge in [0.15, 0.2) is 0 Å². The number of carbonyl (C=O) groups is 2. The van der Waals surface area contributed by atoms with Gasteiger partial charge in [-0.2, -0.15) is 0 Å². The molecule has 0 aliphatic carbocycles. The van der Waals surface area contributed by atoms with E-state index in [2.05, 4.69) is 5.32 Å². The number of aliphatic hydroxyl groups is 1. The van der Waals surface area contributed by atoms with E-state index in [1.807, 2.05) is 32.1 Å². The summed E-state index contributed by atoms with van der Waals surface area (Å²) in [5.41, 5.74) is 0.832. The molecular weight excluding hydrogens is 406 g/mol. The summed E-state index contributed by atoms with van der Waals surface area (Å²) >= 11 is 0. The van der Waals surface area contributed by atoms with Gasteiger partial charge < -0.3 is 20.3 Å². The maximum Gasteiger partial charge on any atom is 0.342 e. The summed E-state index contributed by atoms with van der Waals surface area (Å²) in [4.78, 5) is 24.6. The van der Waals surface area contributed by atoms with Crippen molar-refractivity contribution in [1.29, 1.82) is 0 Å². The molecule has 3 N–H and O–H groups in total. The number of aliphatic hydroxyl groups excluding tert-OH is 1. The Kier molecular flexibility index (Phi) is 10.5. The molecule has 3 atom stereocenters. The summed E-state index contributed by atoms with van der Waals surface area (Å²) in [6.07, 6.45) is 15.3. The summed E-state index contributed by atoms with van der Waals surface area (Å²) in [7, 11) is 0. The molecule has 0 fully saturated rings. The summed E-state index contributed by atoms with van der Waals surface area (Å²) in [5.74, 6) is -1.02. The van der Waals surface area contributed by atoms with Gasteiger partial charge in [0, 0.05) is 25.1 Å². The highest BCUT2D eigenvalue weighted by Gasteiger charge is 2.25. The van der Waals surface area contributed by atoms with Gasteiger partial charge in [0.05, 0.1) is 6.10 Å². The van der Waals surface area contributed by atoms with E-state index in [-0.39, 0.29) is 29.6 Å². The number of carbonyl (C=O) groups excluding carboxylic acids is 2. The van der Waals surface area contributed by atoms with Crippen molar-refractivity contribution in [3.05, 3.63) is 78.1 Å². The van der Waals surface area contributed by atoms with Gasteiger partial charge >= 0.3 is 5.97 Å². The zero-order chi connectivity index (χ0) is 23.3. The van der Waals surface area contributed by atoms with Gasteiger partial charge in [-0.15, -0.1) is 0 Å². The fourth-order valence-corrected chi connectivity index (χ4v) is 3.34. The lowest BCUT2D eigenvalue weighted by atomic mass is 9.93. The number of phenols is 1. The largest absolute Gasteiger partial charge is 0.507 e. The zero-order valence-corrected chi connectivity index (χ0v) is 18.7. The predicted molar refractivity (Wildman–Crippen MR) is 125 cm³/mol. The Hall–Kier alpha value is -3.12. The second kappa shape index (κ2) is 13.3. The van der Waals surface area contributed by atoms with Gasteiger partial charge in [-0.3, -0.25) is 4.79 Å². The van der Waals surface area contributed by atoms with Crippen molar-refractivity contribution in [3.63, 3.8) is 0 Å². The molecule has 0 bridgehead atoms. The van der Waals surface area contributed by atoms with Crippen molar-refractivity contribution in [2.24, 2.45) is 5.92 Å². The average Bonchev–Trinajstić information content (AvgIpc) is 2.76. The van der Waals surface area contributed by atoms with Crippen LogP contribution in [0.15, 0.2) is 66.9 Å². The lowest BCUT2D eigenvalue weighted by Crippen LogP contribution is -2.28. The SMILES string of the molecule is CCC=CC=CC(=O)NC=CCC1CC(O)C(C)CC=CCc2cccc(O)c2C(=O)O1. The van der Waals surface area contributed by atoms with Crippen LogP contribution in [0, 0.1) is 5.92 Å². The zero-order valence-electron chi connectivity index (χ0n) is 18.7. The van der Waals surface area contributed by atoms with Gasteiger partial charge in [-0.25, -0.2) is 4.79 Å². The van der Waals surface area contributed by atoms with Crippen LogP contribution in [0.2, 0.25) is 0 Å². The third-order valence-corrected chi connectivity index (χ3v) is 5.25. The molecule has 1 amide bonds. The Labute approximate surface area is 190 Å². The number of cyclic esters (lactones) is 1. The number of rotatable bonds is 6. The van der Waals surface area contributed by atoms with Crippen molar-refractivity contribution in [3.8, 4) is 5.75 Å². The summed E-state index contributed by atoms with van der Waals surface area (Å²) in [6.45, 7) is 3.96. The first-order valence-electron chi connectivity index (χ1n) is 11.1. The van der Waals surface area contributed by atoms with E-state index >= 15 is 0 Å². The topological polar surface area (TPSA) is 95.9 Å². The van der Waals surface area contributed by atoms with Crippen LogP contribution in [0.5, 0.6) is 5.75 Å². The van der Waals surface area contributed by atoms with Crippen molar-refractivity contribution in [2.75, 3.05) is 0 Å². The smallest absolute Gasteiger partial charge is 0.342 e. The highest BCUT2D eigenvalue weighted by molar-refractivity contribution is 5.94. The first-order valence-corrected chi connectivity index (χ1v) is 11.1. The summed E-state index contributed by atoms with van der Waals surface area (Å²) in [5, 5.41) is 23.4. The molecule has 1 aromatic rings. The molecule has 1 aliphatic heterocycles. The summed E-state index contributed by atoms with van der Waals surface area (Å²) < 4.78 is 5.68. The van der Waals surface area contributed by atoms with Crippen LogP contribution in [0.3, 0.4) is 0 Å². The molecule has 0 radical (unpaired) electrons. The first kappa shape index (κ1) is 25.1. The second-order valence-corrected chi connectivity index (χ2v) is 7.87. The van der Waals surface area contributed by atoms with Crippen molar-refractivity contribution in [2.45, 2.75) is 58.2 Å². The minimum absolute atomic E-state index is 0.000482. The summed E-state index contributed by atoms with van der Waals surface area (Å²) in [6, 6.07) is 4.95. The Morgan fingerprint density at radius 3 is 2.84 bits per heavy atom. The maximum absolute atomic E-state index is 12.9. The molecule has 1 heterocycles. The van der Waals surface area contributed by atoms with Crippen molar-refractivity contribution in [1.82, 2.24) is 5.32 Å². The van der Waals surface area contributed by atoms with Gasteiger partial charge in [0.2, 0.25) is 5.91 Å².